The van der Waals surface area contributed by atoms with E-state index in [0.29, 0.717) is 0 Å². The molecular weight excluding hydrogens is 292 g/mol. The second-order valence-electron chi connectivity index (χ2n) is 7.16. The molecular formula is C23H26O. The minimum atomic E-state index is 0.275. The Morgan fingerprint density at radius 3 is 1.96 bits per heavy atom. The van der Waals surface area contributed by atoms with E-state index in [-0.39, 0.29) is 5.75 Å². The first-order valence-electron chi connectivity index (χ1n) is 9.09. The molecule has 0 saturated heterocycles. The fraction of sp³-hybridized carbons (Fsp3) is 0.391. The van der Waals surface area contributed by atoms with Crippen molar-refractivity contribution in [3.8, 4) is 17.6 Å². The van der Waals surface area contributed by atoms with E-state index >= 15 is 0 Å². The molecule has 24 heavy (non-hydrogen) atoms. The number of phenols is 1. The largest absolute Gasteiger partial charge is 0.508 e. The predicted octanol–water partition coefficient (Wildman–Crippen LogP) is 5.55. The van der Waals surface area contributed by atoms with Crippen LogP contribution in [0.15, 0.2) is 48.5 Å². The van der Waals surface area contributed by atoms with E-state index in [9.17, 15) is 5.11 Å². The lowest BCUT2D eigenvalue weighted by Gasteiger charge is -2.26. The molecule has 0 radical (unpaired) electrons. The Bertz CT molecular complexity index is 692. The molecule has 0 atom stereocenters. The molecule has 0 heterocycles. The van der Waals surface area contributed by atoms with Gasteiger partial charge in [-0.2, -0.15) is 0 Å². The van der Waals surface area contributed by atoms with Gasteiger partial charge in [0.15, 0.2) is 0 Å². The third kappa shape index (κ3) is 4.90. The summed E-state index contributed by atoms with van der Waals surface area (Å²) in [6.45, 7) is 2.38. The van der Waals surface area contributed by atoms with Crippen molar-refractivity contribution >= 4 is 0 Å². The predicted molar refractivity (Wildman–Crippen MR) is 100.0 cm³/mol. The molecule has 0 spiro atoms. The Kier molecular flexibility index (Phi) is 5.59. The highest BCUT2D eigenvalue weighted by atomic mass is 16.3. The van der Waals surface area contributed by atoms with Crippen LogP contribution in [0.4, 0.5) is 0 Å². The standard InChI is InChI=1S/C23H26O/c1-18-2-4-19(5-3-18)6-7-20-8-10-21(11-9-20)12-13-22-14-16-23(24)17-15-22/h8-11,14-19,24H,2-7H2,1H3. The molecule has 2 aromatic carbocycles. The van der Waals surface area contributed by atoms with Gasteiger partial charge in [-0.25, -0.2) is 0 Å². The van der Waals surface area contributed by atoms with E-state index in [4.69, 9.17) is 0 Å². The number of aromatic hydroxyl groups is 1. The van der Waals surface area contributed by atoms with Crippen LogP contribution in [0, 0.1) is 23.7 Å². The molecule has 0 aliphatic heterocycles. The summed E-state index contributed by atoms with van der Waals surface area (Å²) >= 11 is 0. The van der Waals surface area contributed by atoms with Crippen LogP contribution in [-0.2, 0) is 6.42 Å². The lowest BCUT2D eigenvalue weighted by Crippen LogP contribution is -2.12. The highest BCUT2D eigenvalue weighted by Gasteiger charge is 2.17. The average Bonchev–Trinajstić information content (AvgIpc) is 2.62. The minimum Gasteiger partial charge on any atom is -0.508 e. The van der Waals surface area contributed by atoms with Gasteiger partial charge in [0.05, 0.1) is 0 Å². The van der Waals surface area contributed by atoms with Crippen molar-refractivity contribution in [2.24, 2.45) is 11.8 Å². The summed E-state index contributed by atoms with van der Waals surface area (Å²) in [4.78, 5) is 0. The summed E-state index contributed by atoms with van der Waals surface area (Å²) in [5.74, 6) is 8.46. The molecule has 1 saturated carbocycles. The zero-order valence-electron chi connectivity index (χ0n) is 14.5. The van der Waals surface area contributed by atoms with Gasteiger partial charge in [0, 0.05) is 11.1 Å². The Hall–Kier alpha value is -2.20. The van der Waals surface area contributed by atoms with Gasteiger partial charge in [-0.05, 0) is 66.6 Å². The van der Waals surface area contributed by atoms with Crippen LogP contribution in [0.1, 0.15) is 55.7 Å². The molecule has 1 aliphatic rings. The molecule has 2 aromatic rings. The van der Waals surface area contributed by atoms with Gasteiger partial charge in [-0.1, -0.05) is 56.6 Å². The van der Waals surface area contributed by atoms with Gasteiger partial charge in [-0.15, -0.1) is 0 Å². The summed E-state index contributed by atoms with van der Waals surface area (Å²) in [5.41, 5.74) is 3.38. The topological polar surface area (TPSA) is 20.2 Å². The zero-order valence-corrected chi connectivity index (χ0v) is 14.5. The van der Waals surface area contributed by atoms with E-state index in [0.717, 1.165) is 23.0 Å². The smallest absolute Gasteiger partial charge is 0.115 e. The van der Waals surface area contributed by atoms with Crippen LogP contribution in [0.3, 0.4) is 0 Å². The number of hydrogen-bond acceptors (Lipinski definition) is 1. The number of phenolic OH excluding ortho intramolecular Hbond substituents is 1. The van der Waals surface area contributed by atoms with Crippen molar-refractivity contribution in [1.82, 2.24) is 0 Å². The monoisotopic (exact) mass is 318 g/mol. The van der Waals surface area contributed by atoms with Crippen molar-refractivity contribution < 1.29 is 5.11 Å². The van der Waals surface area contributed by atoms with Crippen LogP contribution in [0.2, 0.25) is 0 Å². The van der Waals surface area contributed by atoms with Crippen LogP contribution in [-0.4, -0.2) is 5.11 Å². The van der Waals surface area contributed by atoms with E-state index in [1.807, 2.05) is 12.1 Å². The fourth-order valence-corrected chi connectivity index (χ4v) is 3.43. The molecule has 1 fully saturated rings. The van der Waals surface area contributed by atoms with Crippen molar-refractivity contribution in [3.05, 3.63) is 65.2 Å². The quantitative estimate of drug-likeness (QED) is 0.736. The summed E-state index contributed by atoms with van der Waals surface area (Å²) in [7, 11) is 0. The van der Waals surface area contributed by atoms with E-state index in [1.54, 1.807) is 12.1 Å². The molecule has 0 unspecified atom stereocenters. The normalized spacial score (nSPS) is 20.2. The zero-order chi connectivity index (χ0) is 16.8. The van der Waals surface area contributed by atoms with Gasteiger partial charge in [0.2, 0.25) is 0 Å². The number of aryl methyl sites for hydroxylation is 1. The summed E-state index contributed by atoms with van der Waals surface area (Å²) in [6, 6.07) is 15.7. The van der Waals surface area contributed by atoms with Crippen molar-refractivity contribution in [2.75, 3.05) is 0 Å². The Morgan fingerprint density at radius 2 is 1.38 bits per heavy atom. The van der Waals surface area contributed by atoms with Gasteiger partial charge in [0.1, 0.15) is 5.75 Å². The van der Waals surface area contributed by atoms with Crippen LogP contribution in [0.5, 0.6) is 5.75 Å². The fourth-order valence-electron chi connectivity index (χ4n) is 3.43. The van der Waals surface area contributed by atoms with Crippen LogP contribution in [0.25, 0.3) is 0 Å². The first-order valence-corrected chi connectivity index (χ1v) is 9.09. The molecule has 1 nitrogen and oxygen atoms in total. The van der Waals surface area contributed by atoms with Gasteiger partial charge < -0.3 is 5.11 Å². The van der Waals surface area contributed by atoms with Crippen LogP contribution >= 0.6 is 0 Å². The molecule has 3 rings (SSSR count). The SMILES string of the molecule is CC1CCC(CCc2ccc(C#Cc3ccc(O)cc3)cc2)CC1. The Balaban J connectivity index is 1.53. The molecule has 124 valence electrons. The lowest BCUT2D eigenvalue weighted by molar-refractivity contribution is 0.278. The summed E-state index contributed by atoms with van der Waals surface area (Å²) < 4.78 is 0. The number of benzene rings is 2. The maximum atomic E-state index is 9.28. The van der Waals surface area contributed by atoms with E-state index in [2.05, 4.69) is 43.0 Å². The minimum absolute atomic E-state index is 0.275. The van der Waals surface area contributed by atoms with Crippen molar-refractivity contribution in [3.63, 3.8) is 0 Å². The maximum Gasteiger partial charge on any atom is 0.115 e. The second-order valence-corrected chi connectivity index (χ2v) is 7.16. The second kappa shape index (κ2) is 8.06. The first-order chi connectivity index (χ1) is 11.7. The third-order valence-corrected chi connectivity index (χ3v) is 5.15. The highest BCUT2D eigenvalue weighted by Crippen LogP contribution is 2.31. The number of hydrogen-bond donors (Lipinski definition) is 1. The summed E-state index contributed by atoms with van der Waals surface area (Å²) in [5, 5.41) is 9.28. The molecule has 1 heteroatoms. The van der Waals surface area contributed by atoms with E-state index < -0.39 is 0 Å². The van der Waals surface area contributed by atoms with Crippen LogP contribution < -0.4 is 0 Å². The maximum absolute atomic E-state index is 9.28. The Labute approximate surface area is 145 Å². The molecule has 0 aromatic heterocycles. The Morgan fingerprint density at radius 1 is 0.833 bits per heavy atom. The van der Waals surface area contributed by atoms with Gasteiger partial charge >= 0.3 is 0 Å². The molecule has 1 aliphatic carbocycles. The number of rotatable bonds is 3. The molecule has 0 bridgehead atoms. The molecule has 0 amide bonds. The molecule has 1 N–H and O–H groups in total. The van der Waals surface area contributed by atoms with E-state index in [1.165, 1.54) is 44.1 Å². The lowest BCUT2D eigenvalue weighted by atomic mass is 9.80. The highest BCUT2D eigenvalue weighted by molar-refractivity contribution is 5.44. The average molecular weight is 318 g/mol. The first kappa shape index (κ1) is 16.7. The van der Waals surface area contributed by atoms with Crippen molar-refractivity contribution in [2.45, 2.75) is 45.4 Å². The van der Waals surface area contributed by atoms with Gasteiger partial charge in [0.25, 0.3) is 0 Å². The summed E-state index contributed by atoms with van der Waals surface area (Å²) in [6.07, 6.45) is 8.16. The van der Waals surface area contributed by atoms with Crippen molar-refractivity contribution in [1.29, 1.82) is 0 Å². The third-order valence-electron chi connectivity index (χ3n) is 5.15. The van der Waals surface area contributed by atoms with Gasteiger partial charge in [-0.3, -0.25) is 0 Å².